The maximum atomic E-state index is 12.5. The highest BCUT2D eigenvalue weighted by Gasteiger charge is 2.18. The minimum atomic E-state index is -1.02. The van der Waals surface area contributed by atoms with E-state index in [0.717, 1.165) is 16.7 Å². The van der Waals surface area contributed by atoms with Gasteiger partial charge in [0.2, 0.25) is 0 Å². The Hall–Kier alpha value is -2.69. The number of amides is 1. The summed E-state index contributed by atoms with van der Waals surface area (Å²) in [7, 11) is 0. The number of carbonyl (C=O) groups excluding carboxylic acids is 1. The molecule has 1 amide bonds. The second-order valence-electron chi connectivity index (χ2n) is 5.45. The summed E-state index contributed by atoms with van der Waals surface area (Å²) in [5, 5.41) is 8.96. The summed E-state index contributed by atoms with van der Waals surface area (Å²) in [6, 6.07) is 9.70. The molecular formula is C18H20N2O3. The van der Waals surface area contributed by atoms with Crippen LogP contribution >= 0.6 is 0 Å². The Labute approximate surface area is 135 Å². The molecule has 0 radical (unpaired) electrons. The summed E-state index contributed by atoms with van der Waals surface area (Å²) in [5.74, 6) is -1.33. The molecule has 1 aromatic carbocycles. The highest BCUT2D eigenvalue weighted by molar-refractivity contribution is 5.96. The first kappa shape index (κ1) is 16.7. The van der Waals surface area contributed by atoms with Gasteiger partial charge in [0, 0.05) is 24.5 Å². The summed E-state index contributed by atoms with van der Waals surface area (Å²) in [6.07, 6.45) is 3.87. The number of aliphatic carboxylic acids is 1. The van der Waals surface area contributed by atoms with Gasteiger partial charge in [-0.2, -0.15) is 0 Å². The summed E-state index contributed by atoms with van der Waals surface area (Å²) in [6.45, 7) is 4.01. The fraction of sp³-hybridized carbons (Fsp3) is 0.278. The molecule has 0 aliphatic carbocycles. The maximum absolute atomic E-state index is 12.5. The number of hydrogen-bond donors (Lipinski definition) is 1. The molecule has 5 heteroatoms. The van der Waals surface area contributed by atoms with E-state index in [-0.39, 0.29) is 12.5 Å². The van der Waals surface area contributed by atoms with Gasteiger partial charge >= 0.3 is 5.97 Å². The van der Waals surface area contributed by atoms with Crippen LogP contribution in [0.3, 0.4) is 0 Å². The van der Waals surface area contributed by atoms with Crippen LogP contribution < -0.4 is 0 Å². The molecule has 0 bridgehead atoms. The van der Waals surface area contributed by atoms with Crippen molar-refractivity contribution in [1.29, 1.82) is 0 Å². The number of rotatable bonds is 6. The molecule has 2 aromatic rings. The van der Waals surface area contributed by atoms with Gasteiger partial charge in [0.25, 0.3) is 5.91 Å². The molecule has 0 atom stereocenters. The number of pyridine rings is 1. The van der Waals surface area contributed by atoms with Crippen LogP contribution in [0.25, 0.3) is 11.1 Å². The van der Waals surface area contributed by atoms with Gasteiger partial charge < -0.3 is 10.0 Å². The van der Waals surface area contributed by atoms with Gasteiger partial charge in [-0.3, -0.25) is 14.6 Å². The topological polar surface area (TPSA) is 70.5 Å². The van der Waals surface area contributed by atoms with Gasteiger partial charge in [-0.1, -0.05) is 36.8 Å². The largest absolute Gasteiger partial charge is 0.480 e. The van der Waals surface area contributed by atoms with Crippen molar-refractivity contribution in [3.63, 3.8) is 0 Å². The molecule has 5 nitrogen and oxygen atoms in total. The Kier molecular flexibility index (Phi) is 5.46. The molecular weight excluding hydrogens is 292 g/mol. The van der Waals surface area contributed by atoms with Crippen LogP contribution in [0.1, 0.15) is 29.3 Å². The minimum Gasteiger partial charge on any atom is -0.480 e. The Morgan fingerprint density at radius 1 is 1.13 bits per heavy atom. The summed E-state index contributed by atoms with van der Waals surface area (Å²) in [4.78, 5) is 28.9. The van der Waals surface area contributed by atoms with Crippen molar-refractivity contribution in [1.82, 2.24) is 9.88 Å². The third kappa shape index (κ3) is 4.39. The fourth-order valence-corrected chi connectivity index (χ4v) is 2.33. The highest BCUT2D eigenvalue weighted by atomic mass is 16.4. The first-order chi connectivity index (χ1) is 11.0. The molecule has 0 unspecified atom stereocenters. The van der Waals surface area contributed by atoms with Crippen LogP contribution in [0.4, 0.5) is 0 Å². The lowest BCUT2D eigenvalue weighted by atomic mass is 10.0. The normalized spacial score (nSPS) is 10.3. The van der Waals surface area contributed by atoms with Gasteiger partial charge in [0.05, 0.1) is 5.56 Å². The molecule has 23 heavy (non-hydrogen) atoms. The first-order valence-corrected chi connectivity index (χ1v) is 7.54. The van der Waals surface area contributed by atoms with Crippen molar-refractivity contribution in [3.05, 3.63) is 53.9 Å². The Bertz CT molecular complexity index is 696. The van der Waals surface area contributed by atoms with E-state index in [2.05, 4.69) is 4.98 Å². The summed E-state index contributed by atoms with van der Waals surface area (Å²) >= 11 is 0. The van der Waals surface area contributed by atoms with E-state index in [1.165, 1.54) is 11.1 Å². The van der Waals surface area contributed by atoms with Crippen molar-refractivity contribution in [2.75, 3.05) is 13.1 Å². The minimum absolute atomic E-state index is 0.304. The van der Waals surface area contributed by atoms with Crippen molar-refractivity contribution < 1.29 is 14.7 Å². The van der Waals surface area contributed by atoms with Gasteiger partial charge in [-0.15, -0.1) is 0 Å². The SMILES string of the molecule is CCCN(CC(=O)O)C(=O)c1cncc(-c2ccc(C)cc2)c1. The fourth-order valence-electron chi connectivity index (χ4n) is 2.33. The standard InChI is InChI=1S/C18H20N2O3/c1-3-8-20(12-17(21)22)18(23)16-9-15(10-19-11-16)14-6-4-13(2)5-7-14/h4-7,9-11H,3,8,12H2,1-2H3,(H,21,22). The third-order valence-electron chi connectivity index (χ3n) is 3.48. The molecule has 1 N–H and O–H groups in total. The van der Waals surface area contributed by atoms with E-state index in [9.17, 15) is 9.59 Å². The van der Waals surface area contributed by atoms with Crippen molar-refractivity contribution >= 4 is 11.9 Å². The van der Waals surface area contributed by atoms with Crippen LogP contribution in [0, 0.1) is 6.92 Å². The molecule has 1 heterocycles. The quantitative estimate of drug-likeness (QED) is 0.890. The van der Waals surface area contributed by atoms with Crippen LogP contribution in [0.15, 0.2) is 42.7 Å². The predicted molar refractivity (Wildman–Crippen MR) is 88.2 cm³/mol. The zero-order chi connectivity index (χ0) is 16.8. The number of aryl methyl sites for hydroxylation is 1. The van der Waals surface area contributed by atoms with E-state index in [1.807, 2.05) is 38.1 Å². The molecule has 1 aromatic heterocycles. The lowest BCUT2D eigenvalue weighted by Crippen LogP contribution is -2.36. The van der Waals surface area contributed by atoms with Crippen LogP contribution in [-0.2, 0) is 4.79 Å². The smallest absolute Gasteiger partial charge is 0.323 e. The first-order valence-electron chi connectivity index (χ1n) is 7.54. The van der Waals surface area contributed by atoms with Crippen LogP contribution in [-0.4, -0.2) is 40.0 Å². The Morgan fingerprint density at radius 3 is 2.43 bits per heavy atom. The van der Waals surface area contributed by atoms with Crippen LogP contribution in [0.2, 0.25) is 0 Å². The number of carbonyl (C=O) groups is 2. The predicted octanol–water partition coefficient (Wildman–Crippen LogP) is 2.99. The number of aromatic nitrogens is 1. The molecule has 0 spiro atoms. The molecule has 2 rings (SSSR count). The van der Waals surface area contributed by atoms with Gasteiger partial charge in [-0.05, 0) is 25.0 Å². The summed E-state index contributed by atoms with van der Waals surface area (Å²) in [5.41, 5.74) is 3.36. The number of carboxylic acids is 1. The summed E-state index contributed by atoms with van der Waals surface area (Å²) < 4.78 is 0. The molecule has 0 aliphatic heterocycles. The van der Waals surface area contributed by atoms with E-state index in [4.69, 9.17) is 5.11 Å². The molecule has 0 saturated heterocycles. The molecule has 0 saturated carbocycles. The highest BCUT2D eigenvalue weighted by Crippen LogP contribution is 2.20. The van der Waals surface area contributed by atoms with Crippen molar-refractivity contribution in [2.45, 2.75) is 20.3 Å². The molecule has 0 aliphatic rings. The second kappa shape index (κ2) is 7.54. The zero-order valence-corrected chi connectivity index (χ0v) is 13.3. The van der Waals surface area contributed by atoms with Gasteiger partial charge in [0.15, 0.2) is 0 Å². The Morgan fingerprint density at radius 2 is 1.83 bits per heavy atom. The monoisotopic (exact) mass is 312 g/mol. The van der Waals surface area contributed by atoms with E-state index < -0.39 is 5.97 Å². The second-order valence-corrected chi connectivity index (χ2v) is 5.45. The lowest BCUT2D eigenvalue weighted by Gasteiger charge is -2.20. The van der Waals surface area contributed by atoms with E-state index in [0.29, 0.717) is 18.5 Å². The number of nitrogens with zero attached hydrogens (tertiary/aromatic N) is 2. The Balaban J connectivity index is 2.28. The van der Waals surface area contributed by atoms with Gasteiger partial charge in [-0.25, -0.2) is 0 Å². The van der Waals surface area contributed by atoms with E-state index >= 15 is 0 Å². The average molecular weight is 312 g/mol. The molecule has 120 valence electrons. The van der Waals surface area contributed by atoms with Crippen molar-refractivity contribution in [2.24, 2.45) is 0 Å². The maximum Gasteiger partial charge on any atom is 0.323 e. The van der Waals surface area contributed by atoms with Gasteiger partial charge in [0.1, 0.15) is 6.54 Å². The van der Waals surface area contributed by atoms with Crippen molar-refractivity contribution in [3.8, 4) is 11.1 Å². The lowest BCUT2D eigenvalue weighted by molar-refractivity contribution is -0.137. The average Bonchev–Trinajstić information content (AvgIpc) is 2.54. The number of benzene rings is 1. The number of carboxylic acid groups (broad SMARTS) is 1. The third-order valence-corrected chi connectivity index (χ3v) is 3.48. The van der Waals surface area contributed by atoms with Crippen LogP contribution in [0.5, 0.6) is 0 Å². The molecule has 0 fully saturated rings. The van der Waals surface area contributed by atoms with E-state index in [1.54, 1.807) is 12.3 Å². The number of hydrogen-bond acceptors (Lipinski definition) is 3. The zero-order valence-electron chi connectivity index (χ0n) is 13.3.